The molecule has 4 rings (SSSR count). The predicted octanol–water partition coefficient (Wildman–Crippen LogP) is 6.73. The highest BCUT2D eigenvalue weighted by molar-refractivity contribution is 9.10. The van der Waals surface area contributed by atoms with Gasteiger partial charge in [-0.15, -0.1) is 6.58 Å². The lowest BCUT2D eigenvalue weighted by Crippen LogP contribution is -2.16. The van der Waals surface area contributed by atoms with Crippen molar-refractivity contribution >= 4 is 60.9 Å². The molecule has 0 atom stereocenters. The number of halogens is 2. The second kappa shape index (κ2) is 11.4. The molecule has 0 saturated heterocycles. The molecule has 1 aromatic heterocycles. The first-order valence-electron chi connectivity index (χ1n) is 10.7. The van der Waals surface area contributed by atoms with Gasteiger partial charge in [-0.25, -0.2) is 10.2 Å². The molecule has 7 nitrogen and oxygen atoms in total. The predicted molar refractivity (Wildman–Crippen MR) is 145 cm³/mol. The van der Waals surface area contributed by atoms with E-state index in [0.717, 1.165) is 26.5 Å². The van der Waals surface area contributed by atoms with E-state index in [1.165, 1.54) is 6.21 Å². The first-order valence-corrected chi connectivity index (χ1v) is 12.3. The highest BCUT2D eigenvalue weighted by Crippen LogP contribution is 2.32. The number of benzene rings is 3. The summed E-state index contributed by atoms with van der Waals surface area (Å²) in [5.41, 5.74) is 5.76. The van der Waals surface area contributed by atoms with E-state index in [0.29, 0.717) is 22.2 Å². The second-order valence-electron chi connectivity index (χ2n) is 7.77. The summed E-state index contributed by atoms with van der Waals surface area (Å²) in [6, 6.07) is 17.4. The number of carboxylic acid groups (broad SMARTS) is 1. The number of ether oxygens (including phenoxy) is 1. The van der Waals surface area contributed by atoms with Gasteiger partial charge in [0.15, 0.2) is 5.76 Å². The Morgan fingerprint density at radius 1 is 1.08 bits per heavy atom. The molecule has 2 N–H and O–H groups in total. The molecule has 1 heterocycles. The molecule has 3 aromatic carbocycles. The van der Waals surface area contributed by atoms with E-state index in [1.54, 1.807) is 42.5 Å². The van der Waals surface area contributed by atoms with Crippen LogP contribution >= 0.6 is 31.9 Å². The van der Waals surface area contributed by atoms with Crippen LogP contribution in [0.25, 0.3) is 11.0 Å². The van der Waals surface area contributed by atoms with E-state index in [-0.39, 0.29) is 17.9 Å². The van der Waals surface area contributed by atoms with Gasteiger partial charge in [-0.05, 0) is 87.6 Å². The van der Waals surface area contributed by atoms with Crippen LogP contribution in [0.15, 0.2) is 91.8 Å². The number of carbonyl (C=O) groups is 2. The Morgan fingerprint density at radius 3 is 2.58 bits per heavy atom. The SMILES string of the molecule is C=CCc1cc(/C=N/NC(=O)c2cc3cc(Br)ccc3o2)cc(Br)c1OCc1ccc(C(=O)O)cc1. The molecule has 0 spiro atoms. The highest BCUT2D eigenvalue weighted by atomic mass is 79.9. The van der Waals surface area contributed by atoms with Crippen LogP contribution in [0.1, 0.15) is 37.6 Å². The average molecular weight is 612 g/mol. The molecule has 0 radical (unpaired) electrons. The fourth-order valence-corrected chi connectivity index (χ4v) is 4.47. The van der Waals surface area contributed by atoms with Gasteiger partial charge in [0, 0.05) is 9.86 Å². The molecular formula is C27H20Br2N2O5. The lowest BCUT2D eigenvalue weighted by atomic mass is 10.1. The number of hydrazone groups is 1. The Bertz CT molecular complexity index is 1480. The largest absolute Gasteiger partial charge is 0.487 e. The summed E-state index contributed by atoms with van der Waals surface area (Å²) in [5.74, 6) is -0.628. The van der Waals surface area contributed by atoms with Gasteiger partial charge in [0.1, 0.15) is 17.9 Å². The number of rotatable bonds is 9. The zero-order valence-electron chi connectivity index (χ0n) is 18.8. The zero-order chi connectivity index (χ0) is 25.7. The van der Waals surface area contributed by atoms with Gasteiger partial charge in [-0.3, -0.25) is 4.79 Å². The van der Waals surface area contributed by atoms with Crippen molar-refractivity contribution in [2.75, 3.05) is 0 Å². The van der Waals surface area contributed by atoms with Crippen molar-refractivity contribution in [1.82, 2.24) is 5.43 Å². The van der Waals surface area contributed by atoms with Gasteiger partial charge in [0.25, 0.3) is 0 Å². The van der Waals surface area contributed by atoms with Crippen LogP contribution in [0.4, 0.5) is 0 Å². The van der Waals surface area contributed by atoms with Crippen molar-refractivity contribution in [2.45, 2.75) is 13.0 Å². The van der Waals surface area contributed by atoms with Crippen LogP contribution in [-0.4, -0.2) is 23.2 Å². The van der Waals surface area contributed by atoms with Crippen molar-refractivity contribution in [1.29, 1.82) is 0 Å². The summed E-state index contributed by atoms with van der Waals surface area (Å²) >= 11 is 6.95. The summed E-state index contributed by atoms with van der Waals surface area (Å²) in [4.78, 5) is 23.5. The van der Waals surface area contributed by atoms with Gasteiger partial charge in [0.2, 0.25) is 0 Å². The monoisotopic (exact) mass is 610 g/mol. The lowest BCUT2D eigenvalue weighted by molar-refractivity contribution is 0.0696. The van der Waals surface area contributed by atoms with Crippen molar-refractivity contribution in [3.8, 4) is 5.75 Å². The molecule has 1 amide bonds. The molecule has 0 aliphatic rings. The first-order chi connectivity index (χ1) is 17.3. The van der Waals surface area contributed by atoms with E-state index < -0.39 is 11.9 Å². The summed E-state index contributed by atoms with van der Waals surface area (Å²) in [6.07, 6.45) is 3.84. The maximum absolute atomic E-state index is 12.5. The van der Waals surface area contributed by atoms with Crippen LogP contribution in [-0.2, 0) is 13.0 Å². The normalized spacial score (nSPS) is 11.1. The maximum Gasteiger partial charge on any atom is 0.335 e. The average Bonchev–Trinajstić information content (AvgIpc) is 3.27. The van der Waals surface area contributed by atoms with Crippen LogP contribution in [0, 0.1) is 0 Å². The van der Waals surface area contributed by atoms with Crippen LogP contribution in [0.2, 0.25) is 0 Å². The lowest BCUT2D eigenvalue weighted by Gasteiger charge is -2.14. The molecular weight excluding hydrogens is 592 g/mol. The third-order valence-corrected chi connectivity index (χ3v) is 6.26. The molecule has 9 heteroatoms. The molecule has 4 aromatic rings. The molecule has 182 valence electrons. The summed E-state index contributed by atoms with van der Waals surface area (Å²) in [5, 5.41) is 13.9. The Labute approximate surface area is 223 Å². The molecule has 0 aliphatic carbocycles. The third kappa shape index (κ3) is 6.10. The van der Waals surface area contributed by atoms with Crippen molar-refractivity contribution < 1.29 is 23.8 Å². The van der Waals surface area contributed by atoms with Gasteiger partial charge in [0.05, 0.1) is 16.3 Å². The number of amides is 1. The number of allylic oxidation sites excluding steroid dienone is 1. The molecule has 0 saturated carbocycles. The molecule has 0 aliphatic heterocycles. The minimum Gasteiger partial charge on any atom is -0.487 e. The quantitative estimate of drug-likeness (QED) is 0.124. The maximum atomic E-state index is 12.5. The summed E-state index contributed by atoms with van der Waals surface area (Å²) < 4.78 is 13.2. The van der Waals surface area contributed by atoms with E-state index in [1.807, 2.05) is 24.3 Å². The zero-order valence-corrected chi connectivity index (χ0v) is 22.0. The van der Waals surface area contributed by atoms with Crippen molar-refractivity contribution in [2.24, 2.45) is 5.10 Å². The topological polar surface area (TPSA) is 101 Å². The van der Waals surface area contributed by atoms with Gasteiger partial charge < -0.3 is 14.3 Å². The number of aromatic carboxylic acids is 1. The minimum atomic E-state index is -0.974. The number of carboxylic acids is 1. The number of furan rings is 1. The Balaban J connectivity index is 1.45. The number of hydrogen-bond donors (Lipinski definition) is 2. The fraction of sp³-hybridized carbons (Fsp3) is 0.0741. The highest BCUT2D eigenvalue weighted by Gasteiger charge is 2.13. The van der Waals surface area contributed by atoms with Crippen LogP contribution in [0.5, 0.6) is 5.75 Å². The van der Waals surface area contributed by atoms with Crippen molar-refractivity contribution in [3.05, 3.63) is 110 Å². The van der Waals surface area contributed by atoms with E-state index in [2.05, 4.69) is 49.0 Å². The molecule has 0 bridgehead atoms. The molecule has 0 unspecified atom stereocenters. The minimum absolute atomic E-state index is 0.161. The van der Waals surface area contributed by atoms with Gasteiger partial charge in [-0.1, -0.05) is 34.1 Å². The van der Waals surface area contributed by atoms with E-state index in [9.17, 15) is 9.59 Å². The van der Waals surface area contributed by atoms with Gasteiger partial charge in [-0.2, -0.15) is 5.10 Å². The van der Waals surface area contributed by atoms with E-state index >= 15 is 0 Å². The van der Waals surface area contributed by atoms with Crippen LogP contribution < -0.4 is 10.2 Å². The third-order valence-electron chi connectivity index (χ3n) is 5.17. The number of carbonyl (C=O) groups excluding carboxylic acids is 1. The van der Waals surface area contributed by atoms with Crippen molar-refractivity contribution in [3.63, 3.8) is 0 Å². The smallest absolute Gasteiger partial charge is 0.335 e. The Morgan fingerprint density at radius 2 is 1.86 bits per heavy atom. The Hall–Kier alpha value is -3.69. The Kier molecular flexibility index (Phi) is 8.02. The number of nitrogens with one attached hydrogen (secondary N) is 1. The number of fused-ring (bicyclic) bond motifs is 1. The molecule has 36 heavy (non-hydrogen) atoms. The van der Waals surface area contributed by atoms with E-state index in [4.69, 9.17) is 14.3 Å². The summed E-state index contributed by atoms with van der Waals surface area (Å²) in [7, 11) is 0. The molecule has 0 fully saturated rings. The standard InChI is InChI=1S/C27H20Br2N2O5/c1-2-3-19-10-17(11-22(29)25(19)35-15-16-4-6-18(7-5-16)27(33)34)14-30-31-26(32)24-13-20-12-21(28)8-9-23(20)36-24/h2,4-14H,1,3,15H2,(H,31,32)(H,33,34)/b30-14+. The van der Waals surface area contributed by atoms with Gasteiger partial charge >= 0.3 is 11.9 Å². The van der Waals surface area contributed by atoms with Crippen LogP contribution in [0.3, 0.4) is 0 Å². The number of nitrogens with zero attached hydrogens (tertiary/aromatic N) is 1. The fourth-order valence-electron chi connectivity index (χ4n) is 3.46. The summed E-state index contributed by atoms with van der Waals surface area (Å²) in [6.45, 7) is 4.08. The second-order valence-corrected chi connectivity index (χ2v) is 9.54. The number of hydrogen-bond acceptors (Lipinski definition) is 5. The first kappa shape index (κ1) is 25.4.